The Bertz CT molecular complexity index is 955. The summed E-state index contributed by atoms with van der Waals surface area (Å²) < 4.78 is 0. The molecular formula is C22H21N3O. The number of hydrogen-bond donors (Lipinski definition) is 1. The molecule has 0 amide bonds. The van der Waals surface area contributed by atoms with Crippen LogP contribution in [0.25, 0.3) is 11.4 Å². The molecule has 3 aromatic rings. The lowest BCUT2D eigenvalue weighted by atomic mass is 9.97. The Balaban J connectivity index is 1.60. The molecule has 1 N–H and O–H groups in total. The first-order valence-electron chi connectivity index (χ1n) is 9.25. The van der Waals surface area contributed by atoms with Crippen molar-refractivity contribution >= 4 is 5.82 Å². The predicted octanol–water partition coefficient (Wildman–Crippen LogP) is 3.69. The van der Waals surface area contributed by atoms with Gasteiger partial charge in [-0.1, -0.05) is 54.6 Å². The van der Waals surface area contributed by atoms with Gasteiger partial charge in [-0.25, -0.2) is 9.97 Å². The molecule has 0 saturated heterocycles. The van der Waals surface area contributed by atoms with Gasteiger partial charge in [-0.05, 0) is 30.4 Å². The van der Waals surface area contributed by atoms with Crippen LogP contribution in [0.1, 0.15) is 34.9 Å². The normalized spacial score (nSPS) is 18.5. The minimum absolute atomic E-state index is 0.479. The molecule has 2 heterocycles. The Morgan fingerprint density at radius 3 is 2.62 bits per heavy atom. The van der Waals surface area contributed by atoms with Crippen LogP contribution in [0, 0.1) is 0 Å². The molecule has 1 atom stereocenters. The summed E-state index contributed by atoms with van der Waals surface area (Å²) in [6, 6.07) is 18.3. The van der Waals surface area contributed by atoms with Crippen molar-refractivity contribution in [3.05, 3.63) is 77.0 Å². The van der Waals surface area contributed by atoms with E-state index >= 15 is 0 Å². The highest BCUT2D eigenvalue weighted by Crippen LogP contribution is 2.35. The van der Waals surface area contributed by atoms with E-state index in [1.54, 1.807) is 0 Å². The number of benzene rings is 2. The standard InChI is InChI=1S/C22H21N3O/c26-20-14-25(13-16-9-4-5-10-17(16)20)22-18-11-6-12-19(18)23-21(24-22)15-7-2-1-3-8-15/h1-5,7-10,20,26H,6,11-14H2/t20-/m0/s1. The summed E-state index contributed by atoms with van der Waals surface area (Å²) in [6.45, 7) is 1.36. The Morgan fingerprint density at radius 1 is 0.923 bits per heavy atom. The molecular weight excluding hydrogens is 322 g/mol. The summed E-state index contributed by atoms with van der Waals surface area (Å²) in [4.78, 5) is 12.0. The zero-order valence-electron chi connectivity index (χ0n) is 14.6. The molecule has 2 aliphatic rings. The van der Waals surface area contributed by atoms with Crippen molar-refractivity contribution in [3.8, 4) is 11.4 Å². The molecule has 0 fully saturated rings. The fraction of sp³-hybridized carbons (Fsp3) is 0.273. The largest absolute Gasteiger partial charge is 0.387 e. The van der Waals surface area contributed by atoms with E-state index in [0.717, 1.165) is 48.6 Å². The van der Waals surface area contributed by atoms with E-state index < -0.39 is 6.10 Å². The van der Waals surface area contributed by atoms with Crippen molar-refractivity contribution in [3.63, 3.8) is 0 Å². The first-order valence-corrected chi connectivity index (χ1v) is 9.25. The van der Waals surface area contributed by atoms with Gasteiger partial charge in [0.05, 0.1) is 6.10 Å². The smallest absolute Gasteiger partial charge is 0.161 e. The molecule has 1 aromatic heterocycles. The fourth-order valence-electron chi connectivity index (χ4n) is 4.13. The molecule has 1 aliphatic heterocycles. The number of hydrogen-bond acceptors (Lipinski definition) is 4. The van der Waals surface area contributed by atoms with Crippen LogP contribution in [0.5, 0.6) is 0 Å². The third kappa shape index (κ3) is 2.58. The maximum atomic E-state index is 10.6. The first-order chi connectivity index (χ1) is 12.8. The Hall–Kier alpha value is -2.72. The third-order valence-electron chi connectivity index (χ3n) is 5.41. The first kappa shape index (κ1) is 15.5. The fourth-order valence-corrected chi connectivity index (χ4v) is 4.13. The molecule has 0 unspecified atom stereocenters. The highest BCUT2D eigenvalue weighted by atomic mass is 16.3. The lowest BCUT2D eigenvalue weighted by molar-refractivity contribution is 0.175. The molecule has 0 saturated carbocycles. The van der Waals surface area contributed by atoms with Crippen molar-refractivity contribution in [1.82, 2.24) is 9.97 Å². The molecule has 5 rings (SSSR count). The molecule has 4 heteroatoms. The monoisotopic (exact) mass is 343 g/mol. The molecule has 1 aliphatic carbocycles. The number of fused-ring (bicyclic) bond motifs is 2. The van der Waals surface area contributed by atoms with Crippen LogP contribution in [0.15, 0.2) is 54.6 Å². The van der Waals surface area contributed by atoms with Crippen LogP contribution < -0.4 is 4.90 Å². The van der Waals surface area contributed by atoms with Gasteiger partial charge in [-0.3, -0.25) is 0 Å². The predicted molar refractivity (Wildman–Crippen MR) is 102 cm³/mol. The van der Waals surface area contributed by atoms with Crippen molar-refractivity contribution in [2.45, 2.75) is 31.9 Å². The van der Waals surface area contributed by atoms with E-state index in [0.29, 0.717) is 6.54 Å². The van der Waals surface area contributed by atoms with Crippen LogP contribution in [-0.2, 0) is 19.4 Å². The van der Waals surface area contributed by atoms with Crippen molar-refractivity contribution in [1.29, 1.82) is 0 Å². The van der Waals surface area contributed by atoms with Crippen molar-refractivity contribution in [2.75, 3.05) is 11.4 Å². The number of β-amino-alcohol motifs (C(OH)–C–C–N with tert-alkyl or cyclic N) is 1. The van der Waals surface area contributed by atoms with E-state index in [-0.39, 0.29) is 0 Å². The summed E-state index contributed by atoms with van der Waals surface area (Å²) in [6.07, 6.45) is 2.68. The zero-order valence-corrected chi connectivity index (χ0v) is 14.6. The average Bonchev–Trinajstić information content (AvgIpc) is 3.16. The molecule has 130 valence electrons. The second-order valence-electron chi connectivity index (χ2n) is 7.11. The van der Waals surface area contributed by atoms with E-state index in [2.05, 4.69) is 23.1 Å². The van der Waals surface area contributed by atoms with Crippen molar-refractivity contribution in [2.24, 2.45) is 0 Å². The van der Waals surface area contributed by atoms with Gasteiger partial charge in [0.2, 0.25) is 0 Å². The number of aliphatic hydroxyl groups is 1. The number of nitrogens with zero attached hydrogens (tertiary/aromatic N) is 3. The van der Waals surface area contributed by atoms with Crippen LogP contribution in [0.4, 0.5) is 5.82 Å². The van der Waals surface area contributed by atoms with Gasteiger partial charge in [0.1, 0.15) is 5.82 Å². The van der Waals surface area contributed by atoms with Crippen LogP contribution >= 0.6 is 0 Å². The second kappa shape index (κ2) is 6.22. The second-order valence-corrected chi connectivity index (χ2v) is 7.11. The summed E-state index contributed by atoms with van der Waals surface area (Å²) in [7, 11) is 0. The molecule has 0 radical (unpaired) electrons. The summed E-state index contributed by atoms with van der Waals surface area (Å²) in [5.74, 6) is 1.79. The van der Waals surface area contributed by atoms with E-state index in [4.69, 9.17) is 9.97 Å². The molecule has 2 aromatic carbocycles. The number of anilines is 1. The van der Waals surface area contributed by atoms with Gasteiger partial charge < -0.3 is 10.0 Å². The van der Waals surface area contributed by atoms with Gasteiger partial charge in [0, 0.05) is 29.9 Å². The Labute approximate surface area is 153 Å². The maximum absolute atomic E-state index is 10.6. The van der Waals surface area contributed by atoms with Crippen molar-refractivity contribution < 1.29 is 5.11 Å². The van der Waals surface area contributed by atoms with Gasteiger partial charge in [0.25, 0.3) is 0 Å². The highest BCUT2D eigenvalue weighted by molar-refractivity contribution is 5.62. The van der Waals surface area contributed by atoms with E-state index in [1.165, 1.54) is 16.8 Å². The quantitative estimate of drug-likeness (QED) is 0.771. The summed E-state index contributed by atoms with van der Waals surface area (Å²) >= 11 is 0. The minimum Gasteiger partial charge on any atom is -0.387 e. The average molecular weight is 343 g/mol. The van der Waals surface area contributed by atoms with Crippen LogP contribution in [-0.4, -0.2) is 21.6 Å². The molecule has 0 spiro atoms. The summed E-state index contributed by atoms with van der Waals surface area (Å²) in [5.41, 5.74) is 5.69. The molecule has 0 bridgehead atoms. The number of aromatic nitrogens is 2. The van der Waals surface area contributed by atoms with Gasteiger partial charge >= 0.3 is 0 Å². The van der Waals surface area contributed by atoms with Crippen LogP contribution in [0.3, 0.4) is 0 Å². The molecule has 26 heavy (non-hydrogen) atoms. The van der Waals surface area contributed by atoms with Gasteiger partial charge in [0.15, 0.2) is 5.82 Å². The van der Waals surface area contributed by atoms with Crippen LogP contribution in [0.2, 0.25) is 0 Å². The number of rotatable bonds is 2. The Kier molecular flexibility index (Phi) is 3.71. The van der Waals surface area contributed by atoms with E-state index in [1.807, 2.05) is 36.4 Å². The van der Waals surface area contributed by atoms with Gasteiger partial charge in [-0.15, -0.1) is 0 Å². The summed E-state index contributed by atoms with van der Waals surface area (Å²) in [5, 5.41) is 10.6. The van der Waals surface area contributed by atoms with Gasteiger partial charge in [-0.2, -0.15) is 0 Å². The number of aryl methyl sites for hydroxylation is 1. The Morgan fingerprint density at radius 2 is 1.73 bits per heavy atom. The maximum Gasteiger partial charge on any atom is 0.161 e. The lowest BCUT2D eigenvalue weighted by Gasteiger charge is -2.34. The highest BCUT2D eigenvalue weighted by Gasteiger charge is 2.29. The zero-order chi connectivity index (χ0) is 17.5. The lowest BCUT2D eigenvalue weighted by Crippen LogP contribution is -2.35. The number of aliphatic hydroxyl groups excluding tert-OH is 1. The topological polar surface area (TPSA) is 49.2 Å². The molecule has 4 nitrogen and oxygen atoms in total. The van der Waals surface area contributed by atoms with E-state index in [9.17, 15) is 5.11 Å². The third-order valence-corrected chi connectivity index (χ3v) is 5.41. The SMILES string of the molecule is O[C@H]1CN(c2nc(-c3ccccc3)nc3c2CCC3)Cc2ccccc21. The minimum atomic E-state index is -0.479.